The molecule has 2 rings (SSSR count). The van der Waals surface area contributed by atoms with Crippen LogP contribution in [0.5, 0.6) is 0 Å². The van der Waals surface area contributed by atoms with Crippen LogP contribution in [0.15, 0.2) is 18.2 Å². The second-order valence-electron chi connectivity index (χ2n) is 6.04. The fraction of sp³-hybridized carbons (Fsp3) is 0.500. The normalized spacial score (nSPS) is 22.1. The van der Waals surface area contributed by atoms with Crippen molar-refractivity contribution in [2.24, 2.45) is 11.8 Å². The number of carboxylic acid groups (broad SMARTS) is 1. The van der Waals surface area contributed by atoms with E-state index in [-0.39, 0.29) is 18.2 Å². The minimum absolute atomic E-state index is 0.0538. The lowest BCUT2D eigenvalue weighted by atomic mass is 9.93. The topological polar surface area (TPSA) is 57.6 Å². The summed E-state index contributed by atoms with van der Waals surface area (Å²) in [6.07, 6.45) is 0.0538. The van der Waals surface area contributed by atoms with Gasteiger partial charge in [-0.3, -0.25) is 9.59 Å². The first-order valence-electron chi connectivity index (χ1n) is 7.09. The van der Waals surface area contributed by atoms with Crippen molar-refractivity contribution < 1.29 is 14.7 Å². The highest BCUT2D eigenvalue weighted by atomic mass is 35.5. The van der Waals surface area contributed by atoms with Crippen molar-refractivity contribution >= 4 is 23.5 Å². The second kappa shape index (κ2) is 6.06. The van der Waals surface area contributed by atoms with E-state index in [0.29, 0.717) is 11.6 Å². The maximum absolute atomic E-state index is 12.2. The van der Waals surface area contributed by atoms with Crippen LogP contribution in [0, 0.1) is 18.8 Å². The Labute approximate surface area is 129 Å². The smallest absolute Gasteiger partial charge is 0.309 e. The van der Waals surface area contributed by atoms with Gasteiger partial charge in [0.25, 0.3) is 0 Å². The molecule has 2 unspecified atom stereocenters. The molecular formula is C16H20ClNO3. The third-order valence-corrected chi connectivity index (χ3v) is 4.26. The first-order valence-corrected chi connectivity index (χ1v) is 7.47. The quantitative estimate of drug-likeness (QED) is 0.928. The van der Waals surface area contributed by atoms with Crippen molar-refractivity contribution in [2.75, 3.05) is 6.54 Å². The van der Waals surface area contributed by atoms with Crippen molar-refractivity contribution in [1.82, 2.24) is 4.90 Å². The summed E-state index contributed by atoms with van der Waals surface area (Å²) < 4.78 is 0. The number of aliphatic carboxylic acids is 1. The van der Waals surface area contributed by atoms with Crippen LogP contribution in [0.3, 0.4) is 0 Å². The Kier molecular flexibility index (Phi) is 4.57. The third kappa shape index (κ3) is 3.21. The number of amides is 1. The number of carbonyl (C=O) groups is 2. The predicted molar refractivity (Wildman–Crippen MR) is 81.2 cm³/mol. The highest BCUT2D eigenvalue weighted by Crippen LogP contribution is 2.39. The summed E-state index contributed by atoms with van der Waals surface area (Å²) in [7, 11) is 0. The maximum Gasteiger partial charge on any atom is 0.309 e. The number of benzene rings is 1. The fourth-order valence-corrected chi connectivity index (χ4v) is 3.01. The second-order valence-corrected chi connectivity index (χ2v) is 6.45. The third-order valence-electron chi connectivity index (χ3n) is 3.85. The Balaban J connectivity index is 2.43. The molecule has 1 saturated heterocycles. The van der Waals surface area contributed by atoms with Crippen LogP contribution in [0.2, 0.25) is 5.02 Å². The average Bonchev–Trinajstić information content (AvgIpc) is 2.70. The Bertz CT molecular complexity index is 571. The Morgan fingerprint density at radius 2 is 2.14 bits per heavy atom. The van der Waals surface area contributed by atoms with Crippen molar-refractivity contribution in [3.8, 4) is 0 Å². The minimum Gasteiger partial charge on any atom is -0.481 e. The number of likely N-dealkylation sites (tertiary alicyclic amines) is 1. The summed E-state index contributed by atoms with van der Waals surface area (Å²) in [4.78, 5) is 25.4. The van der Waals surface area contributed by atoms with E-state index in [1.165, 1.54) is 0 Å². The number of halogens is 1. The van der Waals surface area contributed by atoms with Crippen LogP contribution in [0.1, 0.15) is 37.4 Å². The van der Waals surface area contributed by atoms with Crippen molar-refractivity contribution in [3.05, 3.63) is 34.3 Å². The molecule has 4 nitrogen and oxygen atoms in total. The number of rotatable bonds is 4. The van der Waals surface area contributed by atoms with E-state index in [1.54, 1.807) is 11.0 Å². The standard InChI is InChI=1S/C16H20ClNO3/c1-9(2)8-18-14(19)7-12(16(20)21)15(18)11-5-4-10(3)13(17)6-11/h4-6,9,12,15H,7-8H2,1-3H3,(H,20,21). The number of carbonyl (C=O) groups excluding carboxylic acids is 1. The Morgan fingerprint density at radius 3 is 2.67 bits per heavy atom. The van der Waals surface area contributed by atoms with Gasteiger partial charge in [0.2, 0.25) is 5.91 Å². The van der Waals surface area contributed by atoms with Gasteiger partial charge < -0.3 is 10.0 Å². The zero-order chi connectivity index (χ0) is 15.7. The van der Waals surface area contributed by atoms with Gasteiger partial charge in [-0.05, 0) is 30.0 Å². The van der Waals surface area contributed by atoms with Gasteiger partial charge in [0.05, 0.1) is 12.0 Å². The molecule has 1 aliphatic rings. The largest absolute Gasteiger partial charge is 0.481 e. The molecule has 1 aromatic rings. The van der Waals surface area contributed by atoms with E-state index in [4.69, 9.17) is 11.6 Å². The molecule has 0 spiro atoms. The van der Waals surface area contributed by atoms with E-state index in [2.05, 4.69) is 0 Å². The minimum atomic E-state index is -0.934. The Hall–Kier alpha value is -1.55. The van der Waals surface area contributed by atoms with Crippen LogP contribution in [-0.2, 0) is 9.59 Å². The molecule has 1 N–H and O–H groups in total. The van der Waals surface area contributed by atoms with Gasteiger partial charge in [-0.15, -0.1) is 0 Å². The number of hydrogen-bond acceptors (Lipinski definition) is 2. The van der Waals surface area contributed by atoms with E-state index in [1.807, 2.05) is 32.9 Å². The lowest BCUT2D eigenvalue weighted by Crippen LogP contribution is -2.33. The summed E-state index contributed by atoms with van der Waals surface area (Å²) >= 11 is 6.16. The summed E-state index contributed by atoms with van der Waals surface area (Å²) in [5.41, 5.74) is 1.73. The van der Waals surface area contributed by atoms with Gasteiger partial charge in [-0.2, -0.15) is 0 Å². The molecule has 1 heterocycles. The molecule has 114 valence electrons. The van der Waals surface area contributed by atoms with Gasteiger partial charge in [0.15, 0.2) is 0 Å². The van der Waals surface area contributed by atoms with E-state index < -0.39 is 17.9 Å². The van der Waals surface area contributed by atoms with E-state index in [9.17, 15) is 14.7 Å². The summed E-state index contributed by atoms with van der Waals surface area (Å²) in [5.74, 6) is -1.46. The highest BCUT2D eigenvalue weighted by molar-refractivity contribution is 6.31. The molecule has 2 atom stereocenters. The molecular weight excluding hydrogens is 290 g/mol. The molecule has 1 fully saturated rings. The van der Waals surface area contributed by atoms with Crippen LogP contribution in [0.4, 0.5) is 0 Å². The highest BCUT2D eigenvalue weighted by Gasteiger charge is 2.44. The molecule has 0 aromatic heterocycles. The molecule has 0 bridgehead atoms. The van der Waals surface area contributed by atoms with Crippen molar-refractivity contribution in [2.45, 2.75) is 33.2 Å². The van der Waals surface area contributed by atoms with E-state index in [0.717, 1.165) is 11.1 Å². The SMILES string of the molecule is Cc1ccc(C2C(C(=O)O)CC(=O)N2CC(C)C)cc1Cl. The first-order chi connectivity index (χ1) is 9.81. The number of carboxylic acids is 1. The van der Waals surface area contributed by atoms with Crippen LogP contribution in [0.25, 0.3) is 0 Å². The lowest BCUT2D eigenvalue weighted by molar-refractivity contribution is -0.142. The summed E-state index contributed by atoms with van der Waals surface area (Å²) in [6.45, 7) is 6.48. The monoisotopic (exact) mass is 309 g/mol. The van der Waals surface area contributed by atoms with Crippen molar-refractivity contribution in [3.63, 3.8) is 0 Å². The molecule has 5 heteroatoms. The lowest BCUT2D eigenvalue weighted by Gasteiger charge is -2.29. The van der Waals surface area contributed by atoms with Crippen LogP contribution in [-0.4, -0.2) is 28.4 Å². The molecule has 1 aliphatic heterocycles. The number of hydrogen-bond donors (Lipinski definition) is 1. The molecule has 0 radical (unpaired) electrons. The number of aryl methyl sites for hydroxylation is 1. The number of nitrogens with zero attached hydrogens (tertiary/aromatic N) is 1. The summed E-state index contributed by atoms with van der Waals surface area (Å²) in [6, 6.07) is 5.08. The van der Waals surface area contributed by atoms with Crippen molar-refractivity contribution in [1.29, 1.82) is 0 Å². The zero-order valence-electron chi connectivity index (χ0n) is 12.5. The predicted octanol–water partition coefficient (Wildman–Crippen LogP) is 3.28. The van der Waals surface area contributed by atoms with Crippen LogP contribution < -0.4 is 0 Å². The fourth-order valence-electron chi connectivity index (χ4n) is 2.83. The average molecular weight is 310 g/mol. The van der Waals surface area contributed by atoms with Gasteiger partial charge in [0, 0.05) is 18.0 Å². The molecule has 0 saturated carbocycles. The van der Waals surface area contributed by atoms with Crippen LogP contribution >= 0.6 is 11.6 Å². The van der Waals surface area contributed by atoms with Gasteiger partial charge in [-0.25, -0.2) is 0 Å². The molecule has 1 amide bonds. The zero-order valence-corrected chi connectivity index (χ0v) is 13.2. The van der Waals surface area contributed by atoms with Gasteiger partial charge >= 0.3 is 5.97 Å². The summed E-state index contributed by atoms with van der Waals surface area (Å²) in [5, 5.41) is 10.0. The van der Waals surface area contributed by atoms with Gasteiger partial charge in [-0.1, -0.05) is 37.6 Å². The molecule has 0 aliphatic carbocycles. The molecule has 21 heavy (non-hydrogen) atoms. The Morgan fingerprint density at radius 1 is 1.48 bits per heavy atom. The first kappa shape index (κ1) is 15.8. The van der Waals surface area contributed by atoms with Gasteiger partial charge in [0.1, 0.15) is 0 Å². The molecule has 1 aromatic carbocycles. The maximum atomic E-state index is 12.2. The van der Waals surface area contributed by atoms with E-state index >= 15 is 0 Å².